The molecule has 3 aromatic carbocycles. The maximum absolute atomic E-state index is 12.1. The van der Waals surface area contributed by atoms with E-state index in [-0.39, 0.29) is 12.3 Å². The van der Waals surface area contributed by atoms with Crippen molar-refractivity contribution in [1.82, 2.24) is 5.43 Å². The summed E-state index contributed by atoms with van der Waals surface area (Å²) in [7, 11) is 1.61. The zero-order valence-electron chi connectivity index (χ0n) is 16.0. The summed E-state index contributed by atoms with van der Waals surface area (Å²) in [6.07, 6.45) is 1.83. The quantitative estimate of drug-likeness (QED) is 0.396. The van der Waals surface area contributed by atoms with Crippen LogP contribution in [-0.4, -0.2) is 19.2 Å². The third-order valence-corrected chi connectivity index (χ3v) is 4.67. The second kappa shape index (κ2) is 10.4. The molecule has 0 aliphatic carbocycles. The second-order valence-electron chi connectivity index (χ2n) is 6.27. The van der Waals surface area contributed by atoms with Crippen LogP contribution in [0.5, 0.6) is 11.5 Å². The van der Waals surface area contributed by atoms with E-state index in [1.54, 1.807) is 13.3 Å². The van der Waals surface area contributed by atoms with Gasteiger partial charge in [0, 0.05) is 10.0 Å². The molecule has 0 aliphatic heterocycles. The summed E-state index contributed by atoms with van der Waals surface area (Å²) in [6, 6.07) is 22.9. The van der Waals surface area contributed by atoms with E-state index in [0.717, 1.165) is 26.9 Å². The third kappa shape index (κ3) is 6.47. The largest absolute Gasteiger partial charge is 0.497 e. The standard InChI is InChI=1S/C23H21BrN2O3/c1-28-21-12-8-17(9-13-21)14-23(27)26-25-15-19-4-2-3-5-22(19)29-16-18-6-10-20(24)11-7-18/h2-13,15H,14,16H2,1H3,(H,26,27)/b25-15-. The number of methoxy groups -OCH3 is 1. The highest BCUT2D eigenvalue weighted by Gasteiger charge is 2.04. The van der Waals surface area contributed by atoms with Gasteiger partial charge in [0.2, 0.25) is 5.91 Å². The fourth-order valence-electron chi connectivity index (χ4n) is 2.60. The number of carbonyl (C=O) groups is 1. The second-order valence-corrected chi connectivity index (χ2v) is 7.19. The lowest BCUT2D eigenvalue weighted by molar-refractivity contribution is -0.120. The van der Waals surface area contributed by atoms with E-state index in [4.69, 9.17) is 9.47 Å². The molecular formula is C23H21BrN2O3. The van der Waals surface area contributed by atoms with Crippen LogP contribution < -0.4 is 14.9 Å². The molecule has 3 aromatic rings. The average Bonchev–Trinajstić information content (AvgIpc) is 2.75. The number of amides is 1. The van der Waals surface area contributed by atoms with Gasteiger partial charge in [-0.3, -0.25) is 4.79 Å². The predicted octanol–water partition coefficient (Wildman–Crippen LogP) is 4.73. The van der Waals surface area contributed by atoms with Gasteiger partial charge < -0.3 is 9.47 Å². The first kappa shape index (κ1) is 20.6. The van der Waals surface area contributed by atoms with Gasteiger partial charge in [-0.05, 0) is 47.5 Å². The number of carbonyl (C=O) groups excluding carboxylic acids is 1. The number of para-hydroxylation sites is 1. The van der Waals surface area contributed by atoms with Crippen molar-refractivity contribution in [1.29, 1.82) is 0 Å². The fraction of sp³-hybridized carbons (Fsp3) is 0.130. The Bertz CT molecular complexity index is 970. The number of hydrogen-bond donors (Lipinski definition) is 1. The molecule has 0 unspecified atom stereocenters. The lowest BCUT2D eigenvalue weighted by Gasteiger charge is -2.09. The van der Waals surface area contributed by atoms with Gasteiger partial charge in [-0.15, -0.1) is 0 Å². The van der Waals surface area contributed by atoms with Crippen molar-refractivity contribution >= 4 is 28.1 Å². The Morgan fingerprint density at radius 2 is 1.69 bits per heavy atom. The molecule has 0 radical (unpaired) electrons. The number of halogens is 1. The van der Waals surface area contributed by atoms with E-state index in [1.807, 2.05) is 72.8 Å². The Hall–Kier alpha value is -3.12. The van der Waals surface area contributed by atoms with Crippen molar-refractivity contribution in [2.75, 3.05) is 7.11 Å². The van der Waals surface area contributed by atoms with Gasteiger partial charge in [0.1, 0.15) is 18.1 Å². The molecule has 0 atom stereocenters. The molecule has 0 aliphatic rings. The van der Waals surface area contributed by atoms with Crippen LogP contribution in [0.2, 0.25) is 0 Å². The molecule has 3 rings (SSSR count). The summed E-state index contributed by atoms with van der Waals surface area (Å²) in [4.78, 5) is 12.1. The molecule has 29 heavy (non-hydrogen) atoms. The SMILES string of the molecule is COc1ccc(CC(=O)N/N=C\c2ccccc2OCc2ccc(Br)cc2)cc1. The minimum atomic E-state index is -0.195. The number of rotatable bonds is 8. The summed E-state index contributed by atoms with van der Waals surface area (Å²) in [5.74, 6) is 1.26. The van der Waals surface area contributed by atoms with Crippen LogP contribution in [0, 0.1) is 0 Å². The summed E-state index contributed by atoms with van der Waals surface area (Å²) in [5.41, 5.74) is 5.29. The van der Waals surface area contributed by atoms with Crippen molar-refractivity contribution < 1.29 is 14.3 Å². The molecule has 0 saturated heterocycles. The monoisotopic (exact) mass is 452 g/mol. The zero-order valence-corrected chi connectivity index (χ0v) is 17.6. The zero-order chi connectivity index (χ0) is 20.5. The minimum Gasteiger partial charge on any atom is -0.497 e. The molecular weight excluding hydrogens is 432 g/mol. The van der Waals surface area contributed by atoms with Gasteiger partial charge in [-0.1, -0.05) is 52.3 Å². The molecule has 148 valence electrons. The molecule has 5 nitrogen and oxygen atoms in total. The molecule has 1 N–H and O–H groups in total. The van der Waals surface area contributed by atoms with Crippen LogP contribution >= 0.6 is 15.9 Å². The summed E-state index contributed by atoms with van der Waals surface area (Å²) in [5, 5.41) is 4.06. The fourth-order valence-corrected chi connectivity index (χ4v) is 2.87. The van der Waals surface area contributed by atoms with Crippen LogP contribution in [0.4, 0.5) is 0 Å². The van der Waals surface area contributed by atoms with E-state index in [2.05, 4.69) is 26.5 Å². The van der Waals surface area contributed by atoms with Crippen LogP contribution in [0.15, 0.2) is 82.4 Å². The topological polar surface area (TPSA) is 59.9 Å². The molecule has 0 aromatic heterocycles. The van der Waals surface area contributed by atoms with Crippen molar-refractivity contribution in [3.63, 3.8) is 0 Å². The molecule has 0 bridgehead atoms. The molecule has 0 fully saturated rings. The number of benzene rings is 3. The Kier molecular flexibility index (Phi) is 7.41. The normalized spacial score (nSPS) is 10.7. The Morgan fingerprint density at radius 1 is 1.00 bits per heavy atom. The van der Waals surface area contributed by atoms with Crippen LogP contribution in [0.25, 0.3) is 0 Å². The first-order valence-electron chi connectivity index (χ1n) is 9.05. The summed E-state index contributed by atoms with van der Waals surface area (Å²) >= 11 is 3.42. The van der Waals surface area contributed by atoms with Gasteiger partial charge >= 0.3 is 0 Å². The van der Waals surface area contributed by atoms with Gasteiger partial charge in [0.15, 0.2) is 0 Å². The summed E-state index contributed by atoms with van der Waals surface area (Å²) in [6.45, 7) is 0.446. The number of hydrogen-bond acceptors (Lipinski definition) is 4. The maximum Gasteiger partial charge on any atom is 0.244 e. The highest BCUT2D eigenvalue weighted by molar-refractivity contribution is 9.10. The molecule has 0 heterocycles. The lowest BCUT2D eigenvalue weighted by Crippen LogP contribution is -2.19. The van der Waals surface area contributed by atoms with Gasteiger partial charge in [0.05, 0.1) is 19.7 Å². The van der Waals surface area contributed by atoms with Crippen molar-refractivity contribution in [2.45, 2.75) is 13.0 Å². The first-order valence-corrected chi connectivity index (χ1v) is 9.84. The van der Waals surface area contributed by atoms with Crippen molar-refractivity contribution in [3.05, 3.63) is 94.0 Å². The maximum atomic E-state index is 12.1. The van der Waals surface area contributed by atoms with Crippen molar-refractivity contribution in [3.8, 4) is 11.5 Å². The molecule has 0 saturated carbocycles. The average molecular weight is 453 g/mol. The van der Waals surface area contributed by atoms with Gasteiger partial charge in [-0.25, -0.2) is 5.43 Å². The molecule has 6 heteroatoms. The van der Waals surface area contributed by atoms with Gasteiger partial charge in [-0.2, -0.15) is 5.10 Å². The molecule has 1 amide bonds. The number of nitrogens with zero attached hydrogens (tertiary/aromatic N) is 1. The van der Waals surface area contributed by atoms with Crippen LogP contribution in [0.1, 0.15) is 16.7 Å². The highest BCUT2D eigenvalue weighted by atomic mass is 79.9. The van der Waals surface area contributed by atoms with E-state index in [1.165, 1.54) is 0 Å². The third-order valence-electron chi connectivity index (χ3n) is 4.14. The smallest absolute Gasteiger partial charge is 0.244 e. The minimum absolute atomic E-state index is 0.195. The number of hydrazone groups is 1. The highest BCUT2D eigenvalue weighted by Crippen LogP contribution is 2.18. The predicted molar refractivity (Wildman–Crippen MR) is 117 cm³/mol. The first-order chi connectivity index (χ1) is 14.1. The number of nitrogens with one attached hydrogen (secondary N) is 1. The number of ether oxygens (including phenoxy) is 2. The van der Waals surface area contributed by atoms with E-state index < -0.39 is 0 Å². The lowest BCUT2D eigenvalue weighted by atomic mass is 10.1. The van der Waals surface area contributed by atoms with E-state index in [9.17, 15) is 4.79 Å². The van der Waals surface area contributed by atoms with Crippen LogP contribution in [0.3, 0.4) is 0 Å². The molecule has 0 spiro atoms. The van der Waals surface area contributed by atoms with Gasteiger partial charge in [0.25, 0.3) is 0 Å². The Balaban J connectivity index is 1.55. The van der Waals surface area contributed by atoms with Crippen molar-refractivity contribution in [2.24, 2.45) is 5.10 Å². The Labute approximate surface area is 178 Å². The van der Waals surface area contributed by atoms with E-state index in [0.29, 0.717) is 12.4 Å². The van der Waals surface area contributed by atoms with Crippen LogP contribution in [-0.2, 0) is 17.8 Å². The summed E-state index contributed by atoms with van der Waals surface area (Å²) < 4.78 is 12.0. The van der Waals surface area contributed by atoms with E-state index >= 15 is 0 Å². The Morgan fingerprint density at radius 3 is 2.41 bits per heavy atom.